The van der Waals surface area contributed by atoms with Gasteiger partial charge in [0.1, 0.15) is 17.5 Å². The molecule has 37 heavy (non-hydrogen) atoms. The maximum absolute atomic E-state index is 13.7. The molecule has 0 aliphatic heterocycles. The number of nitrogens with one attached hydrogen (secondary N) is 1. The van der Waals surface area contributed by atoms with Crippen molar-refractivity contribution in [2.24, 2.45) is 0 Å². The summed E-state index contributed by atoms with van der Waals surface area (Å²) in [4.78, 5) is 29.1. The zero-order chi connectivity index (χ0) is 25.9. The maximum atomic E-state index is 13.7. The third-order valence-corrected chi connectivity index (χ3v) is 6.84. The van der Waals surface area contributed by atoms with Crippen LogP contribution in [0.2, 0.25) is 0 Å². The summed E-state index contributed by atoms with van der Waals surface area (Å²) in [7, 11) is 1.60. The number of hydrogen-bond donors (Lipinski definition) is 1. The van der Waals surface area contributed by atoms with Crippen molar-refractivity contribution in [3.05, 3.63) is 96.1 Å². The van der Waals surface area contributed by atoms with E-state index in [9.17, 15) is 9.59 Å². The summed E-state index contributed by atoms with van der Waals surface area (Å²) in [6.45, 7) is 0.155. The van der Waals surface area contributed by atoms with Crippen molar-refractivity contribution in [2.45, 2.75) is 57.2 Å². The van der Waals surface area contributed by atoms with Crippen LogP contribution in [0.1, 0.15) is 43.2 Å². The van der Waals surface area contributed by atoms with Gasteiger partial charge >= 0.3 is 0 Å². The standard InChI is InChI=1S/C31H36N2O4/c1-36-27-17-19-28(20-18-27)37-23-30(34)33(22-25-13-7-3-8-14-25)29(21-24-11-5-2-6-12-24)31(35)32-26-15-9-4-10-16-26/h2-3,5-8,11-14,17-20,26,29H,4,9-10,15-16,21-23H2,1H3,(H,32,35). The van der Waals surface area contributed by atoms with Gasteiger partial charge in [0.25, 0.3) is 5.91 Å². The lowest BCUT2D eigenvalue weighted by Crippen LogP contribution is -2.53. The van der Waals surface area contributed by atoms with Crippen LogP contribution in [0.3, 0.4) is 0 Å². The molecule has 0 saturated heterocycles. The molecule has 6 nitrogen and oxygen atoms in total. The Labute approximate surface area is 219 Å². The molecule has 1 fully saturated rings. The average molecular weight is 501 g/mol. The molecule has 1 aliphatic rings. The number of benzene rings is 3. The lowest BCUT2D eigenvalue weighted by atomic mass is 9.94. The molecular weight excluding hydrogens is 464 g/mol. The molecule has 1 atom stereocenters. The van der Waals surface area contributed by atoms with Crippen molar-refractivity contribution in [2.75, 3.05) is 13.7 Å². The molecule has 6 heteroatoms. The Kier molecular flexibility index (Phi) is 9.58. The van der Waals surface area contributed by atoms with Crippen LogP contribution >= 0.6 is 0 Å². The van der Waals surface area contributed by atoms with Crippen LogP contribution in [0.15, 0.2) is 84.9 Å². The van der Waals surface area contributed by atoms with Crippen molar-refractivity contribution >= 4 is 11.8 Å². The molecule has 0 radical (unpaired) electrons. The van der Waals surface area contributed by atoms with E-state index >= 15 is 0 Å². The van der Waals surface area contributed by atoms with Crippen LogP contribution in [0, 0.1) is 0 Å². The number of methoxy groups -OCH3 is 1. The van der Waals surface area contributed by atoms with E-state index in [1.54, 1.807) is 36.3 Å². The van der Waals surface area contributed by atoms with Crippen molar-refractivity contribution in [3.8, 4) is 11.5 Å². The highest BCUT2D eigenvalue weighted by Gasteiger charge is 2.32. The number of ether oxygens (including phenoxy) is 2. The largest absolute Gasteiger partial charge is 0.497 e. The Bertz CT molecular complexity index is 1110. The predicted octanol–water partition coefficient (Wildman–Crippen LogP) is 5.16. The Balaban J connectivity index is 1.57. The third kappa shape index (κ3) is 7.84. The third-order valence-electron chi connectivity index (χ3n) is 6.84. The van der Waals surface area contributed by atoms with Crippen LogP contribution < -0.4 is 14.8 Å². The van der Waals surface area contributed by atoms with Gasteiger partial charge in [-0.2, -0.15) is 0 Å². The van der Waals surface area contributed by atoms with E-state index in [1.807, 2.05) is 60.7 Å². The van der Waals surface area contributed by atoms with Crippen molar-refractivity contribution in [1.29, 1.82) is 0 Å². The van der Waals surface area contributed by atoms with Gasteiger partial charge in [0.05, 0.1) is 7.11 Å². The van der Waals surface area contributed by atoms with Crippen LogP contribution in [-0.2, 0) is 22.6 Å². The van der Waals surface area contributed by atoms with Gasteiger partial charge in [-0.3, -0.25) is 9.59 Å². The van der Waals surface area contributed by atoms with Gasteiger partial charge in [-0.05, 0) is 48.2 Å². The van der Waals surface area contributed by atoms with Crippen LogP contribution in [-0.4, -0.2) is 42.5 Å². The van der Waals surface area contributed by atoms with E-state index in [2.05, 4.69) is 5.32 Å². The van der Waals surface area contributed by atoms with Gasteiger partial charge in [0, 0.05) is 19.0 Å². The Morgan fingerprint density at radius 3 is 2.05 bits per heavy atom. The molecular formula is C31H36N2O4. The fourth-order valence-corrected chi connectivity index (χ4v) is 4.78. The van der Waals surface area contributed by atoms with E-state index in [-0.39, 0.29) is 24.5 Å². The smallest absolute Gasteiger partial charge is 0.261 e. The zero-order valence-corrected chi connectivity index (χ0v) is 21.5. The first kappa shape index (κ1) is 26.3. The van der Waals surface area contributed by atoms with E-state index in [0.717, 1.165) is 36.8 Å². The first-order chi connectivity index (χ1) is 18.1. The Morgan fingerprint density at radius 2 is 1.43 bits per heavy atom. The second-order valence-electron chi connectivity index (χ2n) is 9.52. The minimum Gasteiger partial charge on any atom is -0.497 e. The van der Waals surface area contributed by atoms with Gasteiger partial charge in [-0.15, -0.1) is 0 Å². The van der Waals surface area contributed by atoms with Crippen molar-refractivity contribution in [3.63, 3.8) is 0 Å². The fraction of sp³-hybridized carbons (Fsp3) is 0.355. The van der Waals surface area contributed by atoms with E-state index in [0.29, 0.717) is 24.5 Å². The van der Waals surface area contributed by atoms with Crippen LogP contribution in [0.4, 0.5) is 0 Å². The van der Waals surface area contributed by atoms with Crippen LogP contribution in [0.5, 0.6) is 11.5 Å². The summed E-state index contributed by atoms with van der Waals surface area (Å²) >= 11 is 0. The molecule has 1 aliphatic carbocycles. The monoisotopic (exact) mass is 500 g/mol. The molecule has 3 aromatic rings. The Hall–Kier alpha value is -3.80. The van der Waals surface area contributed by atoms with Crippen LogP contribution in [0.25, 0.3) is 0 Å². The highest BCUT2D eigenvalue weighted by molar-refractivity contribution is 5.88. The van der Waals surface area contributed by atoms with Gasteiger partial charge in [-0.1, -0.05) is 79.9 Å². The molecule has 1 unspecified atom stereocenters. The number of nitrogens with zero attached hydrogens (tertiary/aromatic N) is 1. The predicted molar refractivity (Wildman–Crippen MR) is 144 cm³/mol. The topological polar surface area (TPSA) is 67.9 Å². The van der Waals surface area contributed by atoms with Gasteiger partial charge in [0.2, 0.25) is 5.91 Å². The Morgan fingerprint density at radius 1 is 0.838 bits per heavy atom. The number of amides is 2. The molecule has 2 amide bonds. The number of carbonyl (C=O) groups is 2. The molecule has 0 bridgehead atoms. The first-order valence-electron chi connectivity index (χ1n) is 13.1. The second kappa shape index (κ2) is 13.5. The van der Waals surface area contributed by atoms with Gasteiger partial charge < -0.3 is 19.7 Å². The highest BCUT2D eigenvalue weighted by atomic mass is 16.5. The number of carbonyl (C=O) groups excluding carboxylic acids is 2. The SMILES string of the molecule is COc1ccc(OCC(=O)N(Cc2ccccc2)C(Cc2ccccc2)C(=O)NC2CCCCC2)cc1. The fourth-order valence-electron chi connectivity index (χ4n) is 4.78. The summed E-state index contributed by atoms with van der Waals surface area (Å²) in [5.41, 5.74) is 1.97. The van der Waals surface area contributed by atoms with E-state index < -0.39 is 6.04 Å². The van der Waals surface area contributed by atoms with Gasteiger partial charge in [0.15, 0.2) is 6.61 Å². The summed E-state index contributed by atoms with van der Waals surface area (Å²) in [5.74, 6) is 0.940. The summed E-state index contributed by atoms with van der Waals surface area (Å²) < 4.78 is 11.0. The molecule has 4 rings (SSSR count). The van der Waals surface area contributed by atoms with Gasteiger partial charge in [-0.25, -0.2) is 0 Å². The second-order valence-corrected chi connectivity index (χ2v) is 9.52. The minimum atomic E-state index is -0.656. The molecule has 1 saturated carbocycles. The molecule has 0 spiro atoms. The summed E-state index contributed by atoms with van der Waals surface area (Å²) in [6, 6.07) is 26.3. The summed E-state index contributed by atoms with van der Waals surface area (Å²) in [6.07, 6.45) is 5.85. The maximum Gasteiger partial charge on any atom is 0.261 e. The number of rotatable bonds is 11. The lowest BCUT2D eigenvalue weighted by Gasteiger charge is -2.33. The quantitative estimate of drug-likeness (QED) is 0.395. The first-order valence-corrected chi connectivity index (χ1v) is 13.1. The number of hydrogen-bond acceptors (Lipinski definition) is 4. The zero-order valence-electron chi connectivity index (χ0n) is 21.5. The van der Waals surface area contributed by atoms with E-state index in [1.165, 1.54) is 6.42 Å². The molecule has 1 N–H and O–H groups in total. The minimum absolute atomic E-state index is 0.107. The molecule has 3 aromatic carbocycles. The molecule has 0 aromatic heterocycles. The van der Waals surface area contributed by atoms with E-state index in [4.69, 9.17) is 9.47 Å². The highest BCUT2D eigenvalue weighted by Crippen LogP contribution is 2.21. The molecule has 194 valence electrons. The average Bonchev–Trinajstić information content (AvgIpc) is 2.95. The summed E-state index contributed by atoms with van der Waals surface area (Å²) in [5, 5.41) is 3.26. The van der Waals surface area contributed by atoms with Crippen molar-refractivity contribution < 1.29 is 19.1 Å². The van der Waals surface area contributed by atoms with Crippen molar-refractivity contribution in [1.82, 2.24) is 10.2 Å². The lowest BCUT2D eigenvalue weighted by molar-refractivity contribution is -0.143. The normalized spacial score (nSPS) is 14.4. The molecule has 0 heterocycles.